The lowest BCUT2D eigenvalue weighted by atomic mass is 10.0. The van der Waals surface area contributed by atoms with Crippen molar-refractivity contribution in [2.24, 2.45) is 0 Å². The molecule has 0 aliphatic carbocycles. The molecule has 180 valence electrons. The number of methoxy groups -OCH3 is 2. The van der Waals surface area contributed by atoms with Gasteiger partial charge in [-0.05, 0) is 48.7 Å². The number of likely N-dealkylation sites (tertiary alicyclic amines) is 1. The second-order valence-electron chi connectivity index (χ2n) is 8.44. The molecule has 3 amide bonds. The van der Waals surface area contributed by atoms with Gasteiger partial charge in [0.25, 0.3) is 5.91 Å². The van der Waals surface area contributed by atoms with Crippen LogP contribution >= 0.6 is 0 Å². The number of halogens is 1. The van der Waals surface area contributed by atoms with Gasteiger partial charge in [-0.15, -0.1) is 0 Å². The number of benzene rings is 2. The van der Waals surface area contributed by atoms with Crippen LogP contribution < -0.4 is 9.47 Å². The number of ether oxygens (including phenoxy) is 2. The largest absolute Gasteiger partial charge is 0.493 e. The molecule has 8 nitrogen and oxygen atoms in total. The normalized spacial score (nSPS) is 17.2. The Kier molecular flexibility index (Phi) is 7.00. The van der Waals surface area contributed by atoms with Crippen molar-refractivity contribution in [2.45, 2.75) is 25.4 Å². The minimum atomic E-state index is -0.542. The molecule has 0 unspecified atom stereocenters. The molecule has 0 bridgehead atoms. The van der Waals surface area contributed by atoms with E-state index in [1.807, 2.05) is 0 Å². The van der Waals surface area contributed by atoms with E-state index in [2.05, 4.69) is 0 Å². The molecule has 2 aromatic carbocycles. The van der Waals surface area contributed by atoms with Gasteiger partial charge in [-0.1, -0.05) is 12.1 Å². The lowest BCUT2D eigenvalue weighted by Crippen LogP contribution is -2.59. The van der Waals surface area contributed by atoms with Gasteiger partial charge in [-0.2, -0.15) is 0 Å². The van der Waals surface area contributed by atoms with Crippen molar-refractivity contribution in [1.29, 1.82) is 0 Å². The first-order valence-electron chi connectivity index (χ1n) is 11.3. The summed E-state index contributed by atoms with van der Waals surface area (Å²) in [7, 11) is 3.06. The zero-order chi connectivity index (χ0) is 24.2. The number of piperidine rings is 1. The van der Waals surface area contributed by atoms with Gasteiger partial charge >= 0.3 is 11.8 Å². The molecule has 2 fully saturated rings. The maximum absolute atomic E-state index is 13.1. The van der Waals surface area contributed by atoms with Gasteiger partial charge in [0.05, 0.1) is 14.2 Å². The summed E-state index contributed by atoms with van der Waals surface area (Å²) in [4.78, 5) is 43.4. The van der Waals surface area contributed by atoms with Crippen LogP contribution in [0, 0.1) is 5.82 Å². The Morgan fingerprint density at radius 1 is 0.912 bits per heavy atom. The molecule has 2 saturated heterocycles. The first-order valence-corrected chi connectivity index (χ1v) is 11.3. The Hall–Kier alpha value is -3.62. The predicted octanol–water partition coefficient (Wildman–Crippen LogP) is 2.32. The van der Waals surface area contributed by atoms with Crippen molar-refractivity contribution >= 4 is 17.7 Å². The Labute approximate surface area is 197 Å². The van der Waals surface area contributed by atoms with Gasteiger partial charge in [-0.25, -0.2) is 4.39 Å². The molecule has 34 heavy (non-hydrogen) atoms. The molecule has 0 N–H and O–H groups in total. The number of piperazine rings is 1. The summed E-state index contributed by atoms with van der Waals surface area (Å²) in [6.45, 7) is 2.13. The van der Waals surface area contributed by atoms with Crippen LogP contribution in [0.2, 0.25) is 0 Å². The van der Waals surface area contributed by atoms with Crippen molar-refractivity contribution in [2.75, 3.05) is 40.4 Å². The maximum atomic E-state index is 13.1. The summed E-state index contributed by atoms with van der Waals surface area (Å²) in [5.74, 6) is -0.458. The summed E-state index contributed by atoms with van der Waals surface area (Å²) in [6, 6.07) is 10.9. The second-order valence-corrected chi connectivity index (χ2v) is 8.44. The van der Waals surface area contributed by atoms with Crippen LogP contribution in [-0.4, -0.2) is 78.9 Å². The summed E-state index contributed by atoms with van der Waals surface area (Å²) in [5.41, 5.74) is 1.29. The van der Waals surface area contributed by atoms with E-state index in [0.717, 1.165) is 5.56 Å². The Morgan fingerprint density at radius 3 is 2.24 bits per heavy atom. The van der Waals surface area contributed by atoms with Gasteiger partial charge in [0.2, 0.25) is 0 Å². The minimum Gasteiger partial charge on any atom is -0.493 e. The molecular formula is C25H28FN3O5. The van der Waals surface area contributed by atoms with Gasteiger partial charge in [0, 0.05) is 44.3 Å². The smallest absolute Gasteiger partial charge is 0.312 e. The van der Waals surface area contributed by atoms with Crippen LogP contribution in [0.15, 0.2) is 42.5 Å². The number of rotatable bonds is 6. The summed E-state index contributed by atoms with van der Waals surface area (Å²) >= 11 is 0. The number of amides is 3. The van der Waals surface area contributed by atoms with Gasteiger partial charge < -0.3 is 24.2 Å². The van der Waals surface area contributed by atoms with Crippen LogP contribution in [0.4, 0.5) is 4.39 Å². The van der Waals surface area contributed by atoms with Gasteiger partial charge in [-0.3, -0.25) is 14.4 Å². The summed E-state index contributed by atoms with van der Waals surface area (Å²) < 4.78 is 23.6. The molecule has 2 heterocycles. The molecule has 2 aromatic rings. The lowest BCUT2D eigenvalue weighted by Gasteiger charge is -2.42. The van der Waals surface area contributed by atoms with Crippen LogP contribution in [0.3, 0.4) is 0 Å². The molecule has 9 heteroatoms. The van der Waals surface area contributed by atoms with E-state index in [-0.39, 0.29) is 24.3 Å². The van der Waals surface area contributed by atoms with E-state index < -0.39 is 11.8 Å². The zero-order valence-electron chi connectivity index (χ0n) is 19.3. The van der Waals surface area contributed by atoms with Crippen LogP contribution in [0.5, 0.6) is 11.5 Å². The average molecular weight is 470 g/mol. The predicted molar refractivity (Wildman–Crippen MR) is 122 cm³/mol. The third-order valence-corrected chi connectivity index (χ3v) is 6.45. The fourth-order valence-electron chi connectivity index (χ4n) is 4.53. The van der Waals surface area contributed by atoms with E-state index in [1.54, 1.807) is 47.2 Å². The average Bonchev–Trinajstić information content (AvgIpc) is 2.87. The molecule has 4 rings (SSSR count). The second kappa shape index (κ2) is 10.1. The van der Waals surface area contributed by atoms with E-state index in [9.17, 15) is 18.8 Å². The topological polar surface area (TPSA) is 79.4 Å². The minimum absolute atomic E-state index is 0.0844. The summed E-state index contributed by atoms with van der Waals surface area (Å²) in [5, 5.41) is 0. The molecule has 0 spiro atoms. The molecule has 2 aliphatic heterocycles. The quantitative estimate of drug-likeness (QED) is 0.607. The lowest BCUT2D eigenvalue weighted by molar-refractivity contribution is -0.158. The summed E-state index contributed by atoms with van der Waals surface area (Å²) in [6.07, 6.45) is 1.21. The van der Waals surface area contributed by atoms with E-state index >= 15 is 0 Å². The highest BCUT2D eigenvalue weighted by Gasteiger charge is 2.38. The Morgan fingerprint density at radius 2 is 1.59 bits per heavy atom. The molecule has 0 saturated carbocycles. The van der Waals surface area contributed by atoms with Crippen LogP contribution in [0.1, 0.15) is 28.8 Å². The van der Waals surface area contributed by atoms with Crippen molar-refractivity contribution in [1.82, 2.24) is 14.7 Å². The van der Waals surface area contributed by atoms with Crippen LogP contribution in [-0.2, 0) is 16.1 Å². The number of carbonyl (C=O) groups is 3. The molecule has 0 atom stereocenters. The van der Waals surface area contributed by atoms with Crippen LogP contribution in [0.25, 0.3) is 0 Å². The third kappa shape index (κ3) is 4.83. The van der Waals surface area contributed by atoms with Crippen molar-refractivity contribution < 1.29 is 28.2 Å². The number of hydrogen-bond acceptors (Lipinski definition) is 5. The number of carbonyl (C=O) groups excluding carboxylic acids is 3. The van der Waals surface area contributed by atoms with Gasteiger partial charge in [0.1, 0.15) is 5.82 Å². The zero-order valence-corrected chi connectivity index (χ0v) is 19.3. The molecule has 0 aromatic heterocycles. The highest BCUT2D eigenvalue weighted by atomic mass is 19.1. The highest BCUT2D eigenvalue weighted by molar-refractivity contribution is 6.35. The fraction of sp³-hybridized carbons (Fsp3) is 0.400. The first-order chi connectivity index (χ1) is 16.4. The third-order valence-electron chi connectivity index (χ3n) is 6.45. The standard InChI is InChI=1S/C25H28FN3O5/c1-33-21-8-5-18(15-22(21)34-2)23(30)27-11-9-20(10-12-27)29-14-13-28(24(31)25(29)32)16-17-3-6-19(26)7-4-17/h3-8,15,20H,9-14,16H2,1-2H3. The number of hydrogen-bond donors (Lipinski definition) is 0. The van der Waals surface area contributed by atoms with Crippen molar-refractivity contribution in [3.05, 3.63) is 59.4 Å². The van der Waals surface area contributed by atoms with Gasteiger partial charge in [0.15, 0.2) is 11.5 Å². The van der Waals surface area contributed by atoms with E-state index in [4.69, 9.17) is 9.47 Å². The molecule has 2 aliphatic rings. The number of nitrogens with zero attached hydrogens (tertiary/aromatic N) is 3. The molecular weight excluding hydrogens is 441 g/mol. The van der Waals surface area contributed by atoms with Crippen molar-refractivity contribution in [3.63, 3.8) is 0 Å². The Bertz CT molecular complexity index is 1070. The van der Waals surface area contributed by atoms with Crippen molar-refractivity contribution in [3.8, 4) is 11.5 Å². The molecule has 0 radical (unpaired) electrons. The Balaban J connectivity index is 1.33. The maximum Gasteiger partial charge on any atom is 0.312 e. The SMILES string of the molecule is COc1ccc(C(=O)N2CCC(N3CCN(Cc4ccc(F)cc4)C(=O)C3=O)CC2)cc1OC. The first kappa shape index (κ1) is 23.5. The monoisotopic (exact) mass is 469 g/mol. The fourth-order valence-corrected chi connectivity index (χ4v) is 4.53. The highest BCUT2D eigenvalue weighted by Crippen LogP contribution is 2.29. The van der Waals surface area contributed by atoms with E-state index in [0.29, 0.717) is 56.1 Å². The van der Waals surface area contributed by atoms with E-state index in [1.165, 1.54) is 24.1 Å².